The number of hydrogen-bond donors (Lipinski definition) is 0. The van der Waals surface area contributed by atoms with Crippen LogP contribution >= 0.6 is 0 Å². The largest absolute Gasteiger partial charge is 0.369 e. The average Bonchev–Trinajstić information content (AvgIpc) is 2.72. The molecule has 0 saturated heterocycles. The highest BCUT2D eigenvalue weighted by Gasteiger charge is 2.44. The number of rotatable bonds is 4. The van der Waals surface area contributed by atoms with Crippen molar-refractivity contribution in [3.63, 3.8) is 0 Å². The van der Waals surface area contributed by atoms with Gasteiger partial charge in [0.15, 0.2) is 0 Å². The quantitative estimate of drug-likeness (QED) is 0.520. The van der Waals surface area contributed by atoms with Crippen molar-refractivity contribution in [3.8, 4) is 0 Å². The molecule has 25 heavy (non-hydrogen) atoms. The van der Waals surface area contributed by atoms with E-state index in [9.17, 15) is 0 Å². The Labute approximate surface area is 150 Å². The molecule has 1 aliphatic rings. The highest BCUT2D eigenvalue weighted by Crippen LogP contribution is 2.17. The molecule has 0 bridgehead atoms. The molecule has 0 unspecified atom stereocenters. The van der Waals surface area contributed by atoms with E-state index in [4.69, 9.17) is 0 Å². The molecule has 0 fully saturated rings. The first-order chi connectivity index (χ1) is 12.4. The van der Waals surface area contributed by atoms with Gasteiger partial charge in [-0.1, -0.05) is 103 Å². The first kappa shape index (κ1) is 15.7. The predicted octanol–water partition coefficient (Wildman–Crippen LogP) is 3.39. The van der Waals surface area contributed by atoms with E-state index >= 15 is 0 Å². The van der Waals surface area contributed by atoms with Gasteiger partial charge in [-0.2, -0.15) is 0 Å². The highest BCUT2D eigenvalue weighted by atomic mass is 28.3. The minimum absolute atomic E-state index is 0.999. The molecular weight excluding hydrogens is 318 g/mol. The fourth-order valence-corrected chi connectivity index (χ4v) is 8.26. The lowest BCUT2D eigenvalue weighted by Gasteiger charge is -2.41. The van der Waals surface area contributed by atoms with Gasteiger partial charge in [0, 0.05) is 0 Å². The number of hydrogen-bond acceptors (Lipinski definition) is 1. The van der Waals surface area contributed by atoms with E-state index < -0.39 is 8.24 Å². The molecule has 1 aliphatic heterocycles. The van der Waals surface area contributed by atoms with Crippen molar-refractivity contribution in [2.75, 3.05) is 0 Å². The summed E-state index contributed by atoms with van der Waals surface area (Å²) in [4.78, 5) is 0. The van der Waals surface area contributed by atoms with Crippen molar-refractivity contribution >= 4 is 23.8 Å². The van der Waals surface area contributed by atoms with Crippen LogP contribution in [-0.2, 0) is 0 Å². The molecule has 4 rings (SSSR count). The van der Waals surface area contributed by atoms with Crippen LogP contribution in [0.4, 0.5) is 0 Å². The van der Waals surface area contributed by atoms with Gasteiger partial charge in [0.05, 0.1) is 0 Å². The molecule has 0 amide bonds. The first-order valence-electron chi connectivity index (χ1n) is 8.71. The molecule has 0 spiro atoms. The Morgan fingerprint density at radius 3 is 1.24 bits per heavy atom. The Kier molecular flexibility index (Phi) is 4.36. The Balaban J connectivity index is 2.06. The van der Waals surface area contributed by atoms with E-state index in [0.717, 1.165) is 6.42 Å². The maximum absolute atomic E-state index is 2.47. The van der Waals surface area contributed by atoms with Crippen LogP contribution < -0.4 is 15.6 Å². The molecule has 2 heteroatoms. The van der Waals surface area contributed by atoms with Crippen LogP contribution in [0.3, 0.4) is 0 Å². The lowest BCUT2D eigenvalue weighted by molar-refractivity contribution is 0.762. The summed E-state index contributed by atoms with van der Waals surface area (Å²) < 4.78 is 2.47. The molecule has 0 atom stereocenters. The molecule has 1 nitrogen and oxygen atoms in total. The second kappa shape index (κ2) is 6.95. The number of benzene rings is 3. The Bertz CT molecular complexity index is 761. The third-order valence-corrected chi connectivity index (χ3v) is 9.35. The second-order valence-corrected chi connectivity index (χ2v) is 9.89. The highest BCUT2D eigenvalue weighted by molar-refractivity contribution is 7.09. The zero-order valence-electron chi connectivity index (χ0n) is 14.1. The topological polar surface area (TPSA) is 3.24 Å². The van der Waals surface area contributed by atoms with Gasteiger partial charge in [-0.15, -0.1) is 0 Å². The summed E-state index contributed by atoms with van der Waals surface area (Å²) in [7, 11) is -2.36. The summed E-state index contributed by atoms with van der Waals surface area (Å²) in [5.74, 6) is 0. The maximum Gasteiger partial charge on any atom is 0.256 e. The van der Waals surface area contributed by atoms with Crippen LogP contribution in [0, 0.1) is 0 Å². The molecule has 0 saturated carbocycles. The first-order valence-corrected chi connectivity index (χ1v) is 10.7. The molecule has 0 aliphatic carbocycles. The predicted molar refractivity (Wildman–Crippen MR) is 109 cm³/mol. The molecule has 122 valence electrons. The third-order valence-electron chi connectivity index (χ3n) is 4.77. The Morgan fingerprint density at radius 2 is 0.880 bits per heavy atom. The standard InChI is InChI=1S/C23H21NSi/c1-5-13-21(14-6-1)25(22-15-7-2-8-16-22,23-17-9-3-10-18-23)24-19-11-4-12-20-24/h1-3,5-20H,4H2. The minimum Gasteiger partial charge on any atom is -0.369 e. The van der Waals surface area contributed by atoms with E-state index in [0.29, 0.717) is 0 Å². The summed E-state index contributed by atoms with van der Waals surface area (Å²) >= 11 is 0. The fraction of sp³-hybridized carbons (Fsp3) is 0.0435. The lowest BCUT2D eigenvalue weighted by atomic mass is 10.3. The van der Waals surface area contributed by atoms with Crippen LogP contribution in [0.15, 0.2) is 116 Å². The van der Waals surface area contributed by atoms with Crippen LogP contribution in [0.1, 0.15) is 6.42 Å². The van der Waals surface area contributed by atoms with Crippen molar-refractivity contribution in [1.29, 1.82) is 0 Å². The van der Waals surface area contributed by atoms with Gasteiger partial charge in [-0.3, -0.25) is 0 Å². The third kappa shape index (κ3) is 2.75. The van der Waals surface area contributed by atoms with Gasteiger partial charge in [-0.25, -0.2) is 0 Å². The van der Waals surface area contributed by atoms with Crippen LogP contribution in [0.25, 0.3) is 0 Å². The summed E-state index contributed by atoms with van der Waals surface area (Å²) in [6.45, 7) is 0. The van der Waals surface area contributed by atoms with Crippen LogP contribution in [-0.4, -0.2) is 12.8 Å². The Morgan fingerprint density at radius 1 is 0.520 bits per heavy atom. The van der Waals surface area contributed by atoms with Crippen LogP contribution in [0.2, 0.25) is 0 Å². The molecule has 3 aromatic carbocycles. The summed E-state index contributed by atoms with van der Waals surface area (Å²) in [6, 6.07) is 32.9. The van der Waals surface area contributed by atoms with E-state index in [1.165, 1.54) is 15.6 Å². The second-order valence-electron chi connectivity index (χ2n) is 6.22. The SMILES string of the molecule is C1=CN([Si](c2ccccc2)(c2ccccc2)c2ccccc2)C=CC1. The summed E-state index contributed by atoms with van der Waals surface area (Å²) in [6.07, 6.45) is 10.0. The van der Waals surface area contributed by atoms with Crippen molar-refractivity contribution in [2.45, 2.75) is 6.42 Å². The summed E-state index contributed by atoms with van der Waals surface area (Å²) in [5, 5.41) is 4.18. The maximum atomic E-state index is 2.47. The Hall–Kier alpha value is -2.84. The van der Waals surface area contributed by atoms with Crippen molar-refractivity contribution in [2.24, 2.45) is 0 Å². The molecule has 0 N–H and O–H groups in total. The van der Waals surface area contributed by atoms with E-state index in [-0.39, 0.29) is 0 Å². The zero-order valence-corrected chi connectivity index (χ0v) is 15.1. The van der Waals surface area contributed by atoms with Gasteiger partial charge in [-0.05, 0) is 34.4 Å². The molecule has 1 heterocycles. The molecular formula is C23H21NSi. The molecule has 3 aromatic rings. The van der Waals surface area contributed by atoms with Gasteiger partial charge in [0.2, 0.25) is 0 Å². The van der Waals surface area contributed by atoms with Crippen molar-refractivity contribution in [1.82, 2.24) is 4.57 Å². The summed E-state index contributed by atoms with van der Waals surface area (Å²) in [5.41, 5.74) is 0. The van der Waals surface area contributed by atoms with E-state index in [1.54, 1.807) is 0 Å². The smallest absolute Gasteiger partial charge is 0.256 e. The van der Waals surface area contributed by atoms with Crippen molar-refractivity contribution in [3.05, 3.63) is 116 Å². The van der Waals surface area contributed by atoms with Gasteiger partial charge in [0.25, 0.3) is 8.24 Å². The van der Waals surface area contributed by atoms with Crippen LogP contribution in [0.5, 0.6) is 0 Å². The van der Waals surface area contributed by atoms with Gasteiger partial charge >= 0.3 is 0 Å². The number of allylic oxidation sites excluding steroid dienone is 2. The van der Waals surface area contributed by atoms with Gasteiger partial charge in [0.1, 0.15) is 0 Å². The molecule has 0 radical (unpaired) electrons. The average molecular weight is 340 g/mol. The number of nitrogens with zero attached hydrogens (tertiary/aromatic N) is 1. The normalized spacial score (nSPS) is 13.8. The fourth-order valence-electron chi connectivity index (χ4n) is 3.69. The van der Waals surface area contributed by atoms with E-state index in [2.05, 4.69) is 120 Å². The molecule has 0 aromatic heterocycles. The zero-order chi connectivity index (χ0) is 17.0. The van der Waals surface area contributed by atoms with E-state index in [1.807, 2.05) is 0 Å². The van der Waals surface area contributed by atoms with Crippen molar-refractivity contribution < 1.29 is 0 Å². The monoisotopic (exact) mass is 339 g/mol. The minimum atomic E-state index is -2.36. The van der Waals surface area contributed by atoms with Gasteiger partial charge < -0.3 is 4.57 Å². The lowest BCUT2D eigenvalue weighted by Crippen LogP contribution is -2.74.